The molecule has 0 radical (unpaired) electrons. The Morgan fingerprint density at radius 1 is 1.19 bits per heavy atom. The lowest BCUT2D eigenvalue weighted by atomic mass is 9.94. The molecule has 2 aromatic rings. The number of methoxy groups -OCH3 is 1. The van der Waals surface area contributed by atoms with Crippen LogP contribution in [0.1, 0.15) is 16.7 Å². The molecule has 198 valence electrons. The Hall–Kier alpha value is -3.63. The maximum atomic E-state index is 14.2. The molecule has 1 atom stereocenters. The minimum absolute atomic E-state index is 0.185. The van der Waals surface area contributed by atoms with Crippen molar-refractivity contribution in [1.82, 2.24) is 5.06 Å². The maximum absolute atomic E-state index is 14.2. The molecule has 2 aliphatic heterocycles. The molecule has 0 aromatic heterocycles. The summed E-state index contributed by atoms with van der Waals surface area (Å²) in [6.45, 7) is 4.94. The summed E-state index contributed by atoms with van der Waals surface area (Å²) in [5.41, 5.74) is 4.33. The van der Waals surface area contributed by atoms with E-state index in [1.165, 1.54) is 6.07 Å². The summed E-state index contributed by atoms with van der Waals surface area (Å²) in [4.78, 5) is 30.1. The molecular weight excluding hydrogens is 483 g/mol. The maximum Gasteiger partial charge on any atom is 0.349 e. The number of hydrogen-bond donors (Lipinski definition) is 1. The van der Waals surface area contributed by atoms with E-state index in [1.54, 1.807) is 30.4 Å². The van der Waals surface area contributed by atoms with Crippen molar-refractivity contribution < 1.29 is 38.1 Å². The summed E-state index contributed by atoms with van der Waals surface area (Å²) in [7, 11) is 1.59. The first kappa shape index (κ1) is 26.4. The van der Waals surface area contributed by atoms with E-state index in [0.29, 0.717) is 52.2 Å². The van der Waals surface area contributed by atoms with E-state index >= 15 is 0 Å². The van der Waals surface area contributed by atoms with Gasteiger partial charge in [-0.15, -0.1) is 5.06 Å². The van der Waals surface area contributed by atoms with Gasteiger partial charge in [0, 0.05) is 32.4 Å². The van der Waals surface area contributed by atoms with Crippen molar-refractivity contribution in [3.63, 3.8) is 0 Å². The summed E-state index contributed by atoms with van der Waals surface area (Å²) in [6, 6.07) is 8.37. The van der Waals surface area contributed by atoms with E-state index in [-0.39, 0.29) is 5.75 Å². The summed E-state index contributed by atoms with van der Waals surface area (Å²) < 4.78 is 31.6. The molecule has 10 heteroatoms. The average molecular weight is 515 g/mol. The lowest BCUT2D eigenvalue weighted by molar-refractivity contribution is -0.183. The van der Waals surface area contributed by atoms with E-state index in [1.807, 2.05) is 6.07 Å². The van der Waals surface area contributed by atoms with E-state index < -0.39 is 23.9 Å². The third-order valence-electron chi connectivity index (χ3n) is 6.40. The van der Waals surface area contributed by atoms with Crippen LogP contribution in [0.3, 0.4) is 0 Å². The number of carboxylic acids is 1. The van der Waals surface area contributed by atoms with Crippen LogP contribution in [-0.2, 0) is 32.0 Å². The third-order valence-corrected chi connectivity index (χ3v) is 6.40. The van der Waals surface area contributed by atoms with Crippen LogP contribution in [0.15, 0.2) is 42.5 Å². The standard InChI is InChI=1S/C27H31FN2O7/c1-18-21-10-12-30(37-26(33)8-7-25(31)32)11-9-19(21)15-24-27(18)29(13-14-35-24)16-20(17-34-2)36-23-6-4-3-5-22(23)28/h3-8,15,20H,9-14,16-17H2,1-2H3,(H,31,32)/b8-7+. The molecule has 0 saturated heterocycles. The van der Waals surface area contributed by atoms with Gasteiger partial charge in [-0.2, -0.15) is 0 Å². The number of hydroxylamine groups is 2. The second kappa shape index (κ2) is 12.1. The summed E-state index contributed by atoms with van der Waals surface area (Å²) in [5.74, 6) is -1.39. The number of ether oxygens (including phenoxy) is 3. The van der Waals surface area contributed by atoms with Crippen molar-refractivity contribution in [2.75, 3.05) is 51.4 Å². The molecule has 0 aliphatic carbocycles. The minimum atomic E-state index is -1.21. The number of para-hydroxylation sites is 1. The summed E-state index contributed by atoms with van der Waals surface area (Å²) >= 11 is 0. The van der Waals surface area contributed by atoms with Gasteiger partial charge in [0.05, 0.1) is 25.4 Å². The van der Waals surface area contributed by atoms with Gasteiger partial charge in [-0.1, -0.05) is 12.1 Å². The Morgan fingerprint density at radius 2 is 1.97 bits per heavy atom. The van der Waals surface area contributed by atoms with Crippen LogP contribution in [0.5, 0.6) is 11.5 Å². The molecule has 0 spiro atoms. The minimum Gasteiger partial charge on any atom is -0.490 e. The molecule has 2 heterocycles. The quantitative estimate of drug-likeness (QED) is 0.507. The number of hydrogen-bond acceptors (Lipinski definition) is 8. The highest BCUT2D eigenvalue weighted by Crippen LogP contribution is 2.40. The zero-order chi connectivity index (χ0) is 26.4. The van der Waals surface area contributed by atoms with Crippen molar-refractivity contribution in [1.29, 1.82) is 0 Å². The number of aliphatic carboxylic acids is 1. The molecule has 0 saturated carbocycles. The van der Waals surface area contributed by atoms with Gasteiger partial charge >= 0.3 is 11.9 Å². The number of rotatable bonds is 9. The Morgan fingerprint density at radius 3 is 2.73 bits per heavy atom. The van der Waals surface area contributed by atoms with Crippen LogP contribution in [0, 0.1) is 12.7 Å². The van der Waals surface area contributed by atoms with E-state index in [0.717, 1.165) is 40.3 Å². The van der Waals surface area contributed by atoms with E-state index in [9.17, 15) is 14.0 Å². The monoisotopic (exact) mass is 514 g/mol. The third kappa shape index (κ3) is 6.58. The topological polar surface area (TPSA) is 97.8 Å². The molecule has 1 N–H and O–H groups in total. The predicted octanol–water partition coefficient (Wildman–Crippen LogP) is 2.93. The number of nitrogens with zero attached hydrogens (tertiary/aromatic N) is 2. The van der Waals surface area contributed by atoms with Gasteiger partial charge < -0.3 is 29.1 Å². The smallest absolute Gasteiger partial charge is 0.349 e. The molecule has 2 aromatic carbocycles. The molecule has 9 nitrogen and oxygen atoms in total. The molecule has 0 bridgehead atoms. The van der Waals surface area contributed by atoms with Gasteiger partial charge in [-0.25, -0.2) is 14.0 Å². The first-order valence-electron chi connectivity index (χ1n) is 12.2. The number of benzene rings is 2. The van der Waals surface area contributed by atoms with Gasteiger partial charge in [0.2, 0.25) is 0 Å². The molecule has 4 rings (SSSR count). The van der Waals surface area contributed by atoms with Gasteiger partial charge in [0.15, 0.2) is 11.6 Å². The fourth-order valence-electron chi connectivity index (χ4n) is 4.77. The van der Waals surface area contributed by atoms with Crippen molar-refractivity contribution in [2.45, 2.75) is 25.9 Å². The van der Waals surface area contributed by atoms with Gasteiger partial charge in [0.25, 0.3) is 0 Å². The summed E-state index contributed by atoms with van der Waals surface area (Å²) in [5, 5.41) is 10.3. The highest BCUT2D eigenvalue weighted by atomic mass is 19.1. The Balaban J connectivity index is 1.51. The average Bonchev–Trinajstić information content (AvgIpc) is 3.07. The van der Waals surface area contributed by atoms with Crippen LogP contribution in [0.25, 0.3) is 0 Å². The number of carbonyl (C=O) groups excluding carboxylic acids is 1. The first-order chi connectivity index (χ1) is 17.9. The van der Waals surface area contributed by atoms with E-state index in [2.05, 4.69) is 11.8 Å². The zero-order valence-electron chi connectivity index (χ0n) is 20.9. The molecule has 1 unspecified atom stereocenters. The largest absolute Gasteiger partial charge is 0.490 e. The fourth-order valence-corrected chi connectivity index (χ4v) is 4.77. The van der Waals surface area contributed by atoms with Gasteiger partial charge in [-0.3, -0.25) is 0 Å². The molecule has 37 heavy (non-hydrogen) atoms. The van der Waals surface area contributed by atoms with Crippen molar-refractivity contribution in [2.24, 2.45) is 0 Å². The molecule has 0 amide bonds. The van der Waals surface area contributed by atoms with Crippen LogP contribution < -0.4 is 14.4 Å². The van der Waals surface area contributed by atoms with Crippen molar-refractivity contribution in [3.8, 4) is 11.5 Å². The number of anilines is 1. The lowest BCUT2D eigenvalue weighted by Crippen LogP contribution is -2.43. The van der Waals surface area contributed by atoms with Gasteiger partial charge in [-0.05, 0) is 54.7 Å². The Kier molecular flexibility index (Phi) is 8.62. The van der Waals surface area contributed by atoms with Crippen LogP contribution >= 0.6 is 0 Å². The lowest BCUT2D eigenvalue weighted by Gasteiger charge is -2.36. The second-order valence-corrected chi connectivity index (χ2v) is 8.92. The number of halogens is 1. The van der Waals surface area contributed by atoms with Crippen molar-refractivity contribution >= 4 is 17.6 Å². The molecule has 2 aliphatic rings. The predicted molar refractivity (Wildman–Crippen MR) is 133 cm³/mol. The second-order valence-electron chi connectivity index (χ2n) is 8.92. The fraction of sp³-hybridized carbons (Fsp3) is 0.407. The van der Waals surface area contributed by atoms with Crippen LogP contribution in [0.2, 0.25) is 0 Å². The molecule has 0 fully saturated rings. The van der Waals surface area contributed by atoms with Crippen LogP contribution in [0.4, 0.5) is 10.1 Å². The number of fused-ring (bicyclic) bond motifs is 2. The normalized spacial score (nSPS) is 16.4. The van der Waals surface area contributed by atoms with Crippen LogP contribution in [-0.4, -0.2) is 74.7 Å². The Bertz CT molecular complexity index is 1170. The molecular formula is C27H31FN2O7. The highest BCUT2D eigenvalue weighted by Gasteiger charge is 2.29. The number of carboxylic acid groups (broad SMARTS) is 1. The first-order valence-corrected chi connectivity index (χ1v) is 12.2. The Labute approximate surface area is 214 Å². The van der Waals surface area contributed by atoms with E-state index in [4.69, 9.17) is 24.2 Å². The zero-order valence-corrected chi connectivity index (χ0v) is 20.9. The highest BCUT2D eigenvalue weighted by molar-refractivity contribution is 5.90. The van der Waals surface area contributed by atoms with Gasteiger partial charge in [0.1, 0.15) is 18.5 Å². The van der Waals surface area contributed by atoms with Crippen molar-refractivity contribution in [3.05, 3.63) is 65.0 Å². The SMILES string of the molecule is COCC(CN1CCOc2cc3c(c(C)c21)CCN(OC(=O)/C=C/C(=O)O)CC3)Oc1ccccc1F. The number of carbonyl (C=O) groups is 2. The summed E-state index contributed by atoms with van der Waals surface area (Å²) in [6.07, 6.45) is 2.54.